The summed E-state index contributed by atoms with van der Waals surface area (Å²) in [4.78, 5) is 17.4. The molecule has 3 aromatic rings. The van der Waals surface area contributed by atoms with Gasteiger partial charge in [0.15, 0.2) is 0 Å². The fourth-order valence-electron chi connectivity index (χ4n) is 2.19. The number of halogens is 2. The van der Waals surface area contributed by atoms with Gasteiger partial charge < -0.3 is 0 Å². The van der Waals surface area contributed by atoms with E-state index in [1.165, 1.54) is 30.5 Å². The molecular formula is C16H11F2N3O3S. The minimum atomic E-state index is -4.18. The summed E-state index contributed by atoms with van der Waals surface area (Å²) in [6, 6.07) is 9.48. The van der Waals surface area contributed by atoms with E-state index in [-0.39, 0.29) is 21.4 Å². The van der Waals surface area contributed by atoms with Crippen LogP contribution in [0.5, 0.6) is 0 Å². The number of carbonyl (C=O) groups excluding carboxylic acids is 1. The molecule has 1 aromatic heterocycles. The van der Waals surface area contributed by atoms with E-state index < -0.39 is 27.6 Å². The number of fused-ring (bicyclic) bond motifs is 1. The molecule has 0 aliphatic carbocycles. The van der Waals surface area contributed by atoms with Crippen molar-refractivity contribution >= 4 is 26.8 Å². The molecule has 0 aliphatic heterocycles. The molecule has 0 saturated heterocycles. The fourth-order valence-corrected chi connectivity index (χ4v) is 3.23. The van der Waals surface area contributed by atoms with Crippen molar-refractivity contribution in [2.45, 2.75) is 4.90 Å². The fraction of sp³-hybridized carbons (Fsp3) is 0. The first kappa shape index (κ1) is 16.9. The maximum Gasteiger partial charge on any atom is 0.266 e. The number of rotatable bonds is 4. The van der Waals surface area contributed by atoms with Crippen LogP contribution in [0.3, 0.4) is 0 Å². The zero-order valence-electron chi connectivity index (χ0n) is 12.5. The predicted molar refractivity (Wildman–Crippen MR) is 85.9 cm³/mol. The second-order valence-electron chi connectivity index (χ2n) is 5.01. The van der Waals surface area contributed by atoms with Crippen LogP contribution in [0.1, 0.15) is 10.4 Å². The van der Waals surface area contributed by atoms with Gasteiger partial charge in [-0.15, -0.1) is 4.83 Å². The molecule has 0 fully saturated rings. The molecule has 1 heterocycles. The molecular weight excluding hydrogens is 352 g/mol. The topological polar surface area (TPSA) is 88.2 Å². The number of hydrogen-bond acceptors (Lipinski definition) is 4. The summed E-state index contributed by atoms with van der Waals surface area (Å²) in [6.07, 6.45) is 1.34. The third-order valence-corrected chi connectivity index (χ3v) is 4.68. The Labute approximate surface area is 141 Å². The van der Waals surface area contributed by atoms with Crippen LogP contribution in [0.25, 0.3) is 10.9 Å². The van der Waals surface area contributed by atoms with Crippen LogP contribution in [-0.2, 0) is 10.0 Å². The number of nitrogens with one attached hydrogen (secondary N) is 2. The lowest BCUT2D eigenvalue weighted by atomic mass is 10.2. The van der Waals surface area contributed by atoms with Gasteiger partial charge in [-0.1, -0.05) is 0 Å². The highest BCUT2D eigenvalue weighted by atomic mass is 32.2. The summed E-state index contributed by atoms with van der Waals surface area (Å²) in [5.41, 5.74) is 1.99. The molecule has 25 heavy (non-hydrogen) atoms. The normalized spacial score (nSPS) is 11.4. The Morgan fingerprint density at radius 3 is 2.44 bits per heavy atom. The Kier molecular flexibility index (Phi) is 4.43. The average Bonchev–Trinajstić information content (AvgIpc) is 2.61. The van der Waals surface area contributed by atoms with Gasteiger partial charge in [0.05, 0.1) is 4.90 Å². The Morgan fingerprint density at radius 1 is 1.00 bits per heavy atom. The lowest BCUT2D eigenvalue weighted by molar-refractivity contribution is 0.0945. The maximum atomic E-state index is 13.7. The second kappa shape index (κ2) is 6.54. The van der Waals surface area contributed by atoms with Gasteiger partial charge in [0.25, 0.3) is 15.9 Å². The van der Waals surface area contributed by atoms with E-state index >= 15 is 0 Å². The van der Waals surface area contributed by atoms with Crippen LogP contribution >= 0.6 is 0 Å². The Morgan fingerprint density at radius 2 is 1.72 bits per heavy atom. The smallest absolute Gasteiger partial charge is 0.266 e. The van der Waals surface area contributed by atoms with Gasteiger partial charge in [-0.2, -0.15) is 0 Å². The molecule has 0 spiro atoms. The van der Waals surface area contributed by atoms with Crippen molar-refractivity contribution in [2.75, 3.05) is 0 Å². The van der Waals surface area contributed by atoms with Crippen molar-refractivity contribution in [3.05, 3.63) is 71.9 Å². The van der Waals surface area contributed by atoms with Crippen LogP contribution < -0.4 is 10.3 Å². The molecule has 2 aromatic carbocycles. The van der Waals surface area contributed by atoms with Crippen molar-refractivity contribution in [1.29, 1.82) is 0 Å². The van der Waals surface area contributed by atoms with Gasteiger partial charge in [-0.05, 0) is 48.5 Å². The van der Waals surface area contributed by atoms with Gasteiger partial charge >= 0.3 is 0 Å². The van der Waals surface area contributed by atoms with Crippen LogP contribution in [0.4, 0.5) is 8.78 Å². The Bertz CT molecular complexity index is 1050. The highest BCUT2D eigenvalue weighted by molar-refractivity contribution is 7.89. The van der Waals surface area contributed by atoms with E-state index in [9.17, 15) is 22.0 Å². The molecule has 0 unspecified atom stereocenters. The highest BCUT2D eigenvalue weighted by Crippen LogP contribution is 2.23. The summed E-state index contributed by atoms with van der Waals surface area (Å²) in [6.45, 7) is 0. The molecule has 0 atom stereocenters. The third-order valence-electron chi connectivity index (χ3n) is 3.38. The van der Waals surface area contributed by atoms with Gasteiger partial charge in [-0.25, -0.2) is 17.2 Å². The van der Waals surface area contributed by atoms with Crippen LogP contribution in [0, 0.1) is 11.6 Å². The van der Waals surface area contributed by atoms with E-state index in [0.29, 0.717) is 0 Å². The van der Waals surface area contributed by atoms with Crippen LogP contribution in [0.2, 0.25) is 0 Å². The number of aromatic nitrogens is 1. The number of hydrogen-bond donors (Lipinski definition) is 2. The maximum absolute atomic E-state index is 13.7. The first-order valence-corrected chi connectivity index (χ1v) is 8.48. The van der Waals surface area contributed by atoms with Gasteiger partial charge in [0.1, 0.15) is 17.2 Å². The van der Waals surface area contributed by atoms with Crippen molar-refractivity contribution in [3.63, 3.8) is 0 Å². The van der Waals surface area contributed by atoms with Gasteiger partial charge in [-0.3, -0.25) is 15.2 Å². The zero-order valence-corrected chi connectivity index (χ0v) is 13.3. The molecule has 128 valence electrons. The van der Waals surface area contributed by atoms with E-state index in [4.69, 9.17) is 0 Å². The lowest BCUT2D eigenvalue weighted by Crippen LogP contribution is -2.41. The largest absolute Gasteiger partial charge is 0.273 e. The van der Waals surface area contributed by atoms with E-state index in [0.717, 1.165) is 24.3 Å². The van der Waals surface area contributed by atoms with E-state index in [1.54, 1.807) is 0 Å². The van der Waals surface area contributed by atoms with Crippen molar-refractivity contribution in [1.82, 2.24) is 15.2 Å². The Balaban J connectivity index is 1.87. The van der Waals surface area contributed by atoms with Crippen LogP contribution in [0.15, 0.2) is 59.6 Å². The van der Waals surface area contributed by atoms with Gasteiger partial charge in [0, 0.05) is 17.1 Å². The Hall–Kier alpha value is -2.91. The summed E-state index contributed by atoms with van der Waals surface area (Å²) >= 11 is 0. The summed E-state index contributed by atoms with van der Waals surface area (Å²) in [5.74, 6) is -1.96. The van der Waals surface area contributed by atoms with Crippen molar-refractivity contribution in [3.8, 4) is 0 Å². The molecule has 6 nitrogen and oxygen atoms in total. The molecule has 9 heteroatoms. The van der Waals surface area contributed by atoms with Crippen LogP contribution in [-0.4, -0.2) is 19.3 Å². The van der Waals surface area contributed by atoms with Crippen molar-refractivity contribution in [2.24, 2.45) is 0 Å². The zero-order chi connectivity index (χ0) is 18.0. The molecule has 0 aliphatic rings. The van der Waals surface area contributed by atoms with E-state index in [2.05, 4.69) is 4.98 Å². The summed E-state index contributed by atoms with van der Waals surface area (Å²) < 4.78 is 51.4. The van der Waals surface area contributed by atoms with Gasteiger partial charge in [0.2, 0.25) is 0 Å². The second-order valence-corrected chi connectivity index (χ2v) is 6.66. The van der Waals surface area contributed by atoms with Crippen molar-refractivity contribution < 1.29 is 22.0 Å². The number of hydrazine groups is 1. The molecule has 2 N–H and O–H groups in total. The molecule has 0 bridgehead atoms. The summed E-state index contributed by atoms with van der Waals surface area (Å²) in [7, 11) is -4.18. The molecule has 0 radical (unpaired) electrons. The molecule has 3 rings (SSSR count). The standard InChI is InChI=1S/C16H11F2N3O3S/c17-11-5-3-10(4-6-11)16(22)20-21-25(23,24)14-8-7-13(18)15-12(14)2-1-9-19-15/h1-9,21H,(H,20,22). The number of amides is 1. The molecule has 0 saturated carbocycles. The number of nitrogens with zero attached hydrogens (tertiary/aromatic N) is 1. The highest BCUT2D eigenvalue weighted by Gasteiger charge is 2.20. The average molecular weight is 363 g/mol. The quantitative estimate of drug-likeness (QED) is 0.695. The minimum Gasteiger partial charge on any atom is -0.273 e. The number of carbonyl (C=O) groups is 1. The molecule has 1 amide bonds. The first-order chi connectivity index (χ1) is 11.9. The SMILES string of the molecule is O=C(NNS(=O)(=O)c1ccc(F)c2ncccc12)c1ccc(F)cc1. The number of sulfonamides is 1. The first-order valence-electron chi connectivity index (χ1n) is 6.99. The minimum absolute atomic E-state index is 0.0646. The predicted octanol–water partition coefficient (Wildman–Crippen LogP) is 2.14. The monoisotopic (exact) mass is 363 g/mol. The summed E-state index contributed by atoms with van der Waals surface area (Å²) in [5, 5.41) is 0.0750. The number of pyridine rings is 1. The lowest BCUT2D eigenvalue weighted by Gasteiger charge is -2.10. The van der Waals surface area contributed by atoms with E-state index in [1.807, 2.05) is 10.3 Å². The third kappa shape index (κ3) is 3.47. The number of benzene rings is 2.